The predicted molar refractivity (Wildman–Crippen MR) is 109 cm³/mol. The molecule has 2 aromatic heterocycles. The molecular weight excluding hydrogens is 386 g/mol. The van der Waals surface area contributed by atoms with E-state index < -0.39 is 0 Å². The third kappa shape index (κ3) is 3.42. The van der Waals surface area contributed by atoms with E-state index in [1.54, 1.807) is 31.2 Å². The quantitative estimate of drug-likeness (QED) is 0.693. The Morgan fingerprint density at radius 1 is 1.20 bits per heavy atom. The van der Waals surface area contributed by atoms with Gasteiger partial charge >= 0.3 is 0 Å². The van der Waals surface area contributed by atoms with Crippen LogP contribution in [0, 0.1) is 6.92 Å². The molecule has 1 atom stereocenters. The van der Waals surface area contributed by atoms with Gasteiger partial charge in [0.15, 0.2) is 5.82 Å². The first kappa shape index (κ1) is 19.7. The number of aromatic nitrogens is 4. The minimum atomic E-state index is -0.299. The molecule has 0 saturated carbocycles. The largest absolute Gasteiger partial charge is 0.497 e. The number of carbonyl (C=O) groups excluding carboxylic acids is 1. The van der Waals surface area contributed by atoms with Crippen LogP contribution in [0.4, 0.5) is 0 Å². The maximum Gasteiger partial charge on any atom is 0.264 e. The molecule has 0 aliphatic carbocycles. The minimum Gasteiger partial charge on any atom is -0.497 e. The van der Waals surface area contributed by atoms with Gasteiger partial charge in [-0.3, -0.25) is 9.59 Å². The van der Waals surface area contributed by atoms with Crippen molar-refractivity contribution in [1.82, 2.24) is 24.9 Å². The van der Waals surface area contributed by atoms with Gasteiger partial charge in [0, 0.05) is 18.2 Å². The van der Waals surface area contributed by atoms with Gasteiger partial charge < -0.3 is 14.4 Å². The fraction of sp³-hybridized carbons (Fsp3) is 0.333. The number of hydrogen-bond donors (Lipinski definition) is 1. The molecule has 30 heavy (non-hydrogen) atoms. The molecular formula is C21H23N5O4. The minimum absolute atomic E-state index is 0.101. The van der Waals surface area contributed by atoms with Gasteiger partial charge in [-0.1, -0.05) is 0 Å². The summed E-state index contributed by atoms with van der Waals surface area (Å²) in [6, 6.07) is 8.45. The molecule has 0 bridgehead atoms. The van der Waals surface area contributed by atoms with E-state index in [0.717, 1.165) is 29.9 Å². The third-order valence-corrected chi connectivity index (χ3v) is 5.43. The van der Waals surface area contributed by atoms with Crippen LogP contribution in [-0.4, -0.2) is 51.5 Å². The van der Waals surface area contributed by atoms with E-state index in [0.29, 0.717) is 23.6 Å². The fourth-order valence-electron chi connectivity index (χ4n) is 3.89. The Morgan fingerprint density at radius 2 is 2.03 bits per heavy atom. The van der Waals surface area contributed by atoms with Crippen LogP contribution in [-0.2, 0) is 0 Å². The summed E-state index contributed by atoms with van der Waals surface area (Å²) in [5, 5.41) is 10.7. The van der Waals surface area contributed by atoms with Crippen LogP contribution in [0.25, 0.3) is 5.82 Å². The summed E-state index contributed by atoms with van der Waals surface area (Å²) in [6.07, 6.45) is 3.28. The van der Waals surface area contributed by atoms with Gasteiger partial charge in [-0.15, -0.1) is 0 Å². The molecule has 0 radical (unpaired) electrons. The lowest BCUT2D eigenvalue weighted by Gasteiger charge is -2.26. The Hall–Kier alpha value is -3.62. The van der Waals surface area contributed by atoms with Crippen molar-refractivity contribution in [3.8, 4) is 17.3 Å². The van der Waals surface area contributed by atoms with E-state index in [2.05, 4.69) is 15.3 Å². The summed E-state index contributed by atoms with van der Waals surface area (Å²) in [5.41, 5.74) is 1.78. The summed E-state index contributed by atoms with van der Waals surface area (Å²) >= 11 is 0. The highest BCUT2D eigenvalue weighted by molar-refractivity contribution is 5.95. The molecule has 1 aliphatic rings. The number of amides is 1. The lowest BCUT2D eigenvalue weighted by molar-refractivity contribution is 0.0733. The van der Waals surface area contributed by atoms with E-state index in [1.807, 2.05) is 30.0 Å². The Bertz CT molecular complexity index is 1120. The molecule has 1 saturated heterocycles. The number of nitrogens with zero attached hydrogens (tertiary/aromatic N) is 4. The van der Waals surface area contributed by atoms with Crippen LogP contribution in [0.3, 0.4) is 0 Å². The van der Waals surface area contributed by atoms with Crippen molar-refractivity contribution in [2.24, 2.45) is 0 Å². The van der Waals surface area contributed by atoms with Crippen molar-refractivity contribution < 1.29 is 14.3 Å². The second kappa shape index (κ2) is 8.02. The normalized spacial score (nSPS) is 16.0. The van der Waals surface area contributed by atoms with E-state index >= 15 is 0 Å². The number of ether oxygens (including phenoxy) is 2. The van der Waals surface area contributed by atoms with Crippen LogP contribution in [0.5, 0.6) is 11.5 Å². The van der Waals surface area contributed by atoms with Crippen LogP contribution in [0.2, 0.25) is 0 Å². The number of methoxy groups -OCH3 is 2. The number of carbonyl (C=O) groups is 1. The smallest absolute Gasteiger partial charge is 0.264 e. The molecule has 4 rings (SSSR count). The molecule has 1 aliphatic heterocycles. The molecule has 9 nitrogen and oxygen atoms in total. The highest BCUT2D eigenvalue weighted by Crippen LogP contribution is 2.39. The monoisotopic (exact) mass is 409 g/mol. The van der Waals surface area contributed by atoms with Crippen molar-refractivity contribution in [1.29, 1.82) is 0 Å². The summed E-state index contributed by atoms with van der Waals surface area (Å²) < 4.78 is 12.5. The Balaban J connectivity index is 1.67. The maximum absolute atomic E-state index is 13.4. The summed E-state index contributed by atoms with van der Waals surface area (Å²) in [4.78, 5) is 26.5. The van der Waals surface area contributed by atoms with E-state index in [1.165, 1.54) is 6.07 Å². The summed E-state index contributed by atoms with van der Waals surface area (Å²) in [5.74, 6) is 1.79. The second-order valence-corrected chi connectivity index (χ2v) is 7.10. The number of likely N-dealkylation sites (tertiary alicyclic amines) is 1. The third-order valence-electron chi connectivity index (χ3n) is 5.43. The van der Waals surface area contributed by atoms with Crippen LogP contribution < -0.4 is 15.0 Å². The highest BCUT2D eigenvalue weighted by atomic mass is 16.5. The molecule has 3 aromatic rings. The SMILES string of the molecule is COc1ccc(OC)c(C2CCCN2C(=O)c2cnn(-c3ccc(=O)[nH]n3)c2C)c1. The molecule has 156 valence electrons. The van der Waals surface area contributed by atoms with Gasteiger partial charge in [0.1, 0.15) is 11.5 Å². The number of aromatic amines is 1. The summed E-state index contributed by atoms with van der Waals surface area (Å²) in [6.45, 7) is 2.45. The first-order valence-corrected chi connectivity index (χ1v) is 9.67. The van der Waals surface area contributed by atoms with Crippen molar-refractivity contribution in [3.63, 3.8) is 0 Å². The molecule has 1 amide bonds. The standard InChI is InChI=1S/C21H23N5O4/c1-13-16(12-22-26(13)19-8-9-20(27)24-23-19)21(28)25-10-4-5-17(25)15-11-14(29-2)6-7-18(15)30-3/h6-9,11-12,17H,4-5,10H2,1-3H3,(H,24,27). The van der Waals surface area contributed by atoms with Gasteiger partial charge in [0.25, 0.3) is 11.5 Å². The average molecular weight is 409 g/mol. The molecule has 1 aromatic carbocycles. The zero-order valence-corrected chi connectivity index (χ0v) is 17.1. The number of rotatable bonds is 5. The van der Waals surface area contributed by atoms with Crippen LogP contribution in [0.15, 0.2) is 41.3 Å². The van der Waals surface area contributed by atoms with Crippen molar-refractivity contribution in [3.05, 3.63) is 63.7 Å². The molecule has 1 unspecified atom stereocenters. The van der Waals surface area contributed by atoms with Crippen molar-refractivity contribution in [2.45, 2.75) is 25.8 Å². The molecule has 1 fully saturated rings. The zero-order valence-electron chi connectivity index (χ0n) is 17.1. The first-order chi connectivity index (χ1) is 14.5. The number of hydrogen-bond acceptors (Lipinski definition) is 6. The van der Waals surface area contributed by atoms with Crippen LogP contribution in [0.1, 0.15) is 40.5 Å². The van der Waals surface area contributed by atoms with Crippen molar-refractivity contribution in [2.75, 3.05) is 20.8 Å². The first-order valence-electron chi connectivity index (χ1n) is 9.67. The number of nitrogens with one attached hydrogen (secondary N) is 1. The highest BCUT2D eigenvalue weighted by Gasteiger charge is 2.34. The maximum atomic E-state index is 13.4. The molecule has 9 heteroatoms. The summed E-state index contributed by atoms with van der Waals surface area (Å²) in [7, 11) is 3.24. The van der Waals surface area contributed by atoms with Gasteiger partial charge in [-0.2, -0.15) is 10.2 Å². The molecule has 1 N–H and O–H groups in total. The second-order valence-electron chi connectivity index (χ2n) is 7.10. The Kier molecular flexibility index (Phi) is 5.26. The fourth-order valence-corrected chi connectivity index (χ4v) is 3.89. The molecule has 0 spiro atoms. The Morgan fingerprint density at radius 3 is 2.73 bits per heavy atom. The predicted octanol–water partition coefficient (Wildman–Crippen LogP) is 2.26. The topological polar surface area (TPSA) is 102 Å². The van der Waals surface area contributed by atoms with Gasteiger partial charge in [-0.25, -0.2) is 9.78 Å². The van der Waals surface area contributed by atoms with Gasteiger partial charge in [0.05, 0.1) is 37.7 Å². The van der Waals surface area contributed by atoms with E-state index in [-0.39, 0.29) is 17.5 Å². The van der Waals surface area contributed by atoms with Gasteiger partial charge in [0.2, 0.25) is 0 Å². The number of H-pyrrole nitrogens is 1. The molecule has 3 heterocycles. The van der Waals surface area contributed by atoms with E-state index in [9.17, 15) is 9.59 Å². The number of benzene rings is 1. The average Bonchev–Trinajstić information content (AvgIpc) is 3.40. The van der Waals surface area contributed by atoms with Crippen LogP contribution >= 0.6 is 0 Å². The van der Waals surface area contributed by atoms with Crippen molar-refractivity contribution >= 4 is 5.91 Å². The lowest BCUT2D eigenvalue weighted by atomic mass is 10.0. The van der Waals surface area contributed by atoms with E-state index in [4.69, 9.17) is 9.47 Å². The lowest BCUT2D eigenvalue weighted by Crippen LogP contribution is -2.31. The Labute approximate surface area is 173 Å². The van der Waals surface area contributed by atoms with Gasteiger partial charge in [-0.05, 0) is 44.0 Å². The zero-order chi connectivity index (χ0) is 21.3.